The SMILES string of the molecule is CCC(F)(F)c1ccc(N2C(c3ccc4nc(C5CCCN5C(=O)C(N=C(N)OC)C(C)C)[nH]c4c3)CCC2c2ccc3nc(C4CCCN4C(=O)C(NC(=O)OC)C(C)C)[nH]c3c2)cc1. The lowest BCUT2D eigenvalue weighted by molar-refractivity contribution is -0.136. The summed E-state index contributed by atoms with van der Waals surface area (Å²) in [5.74, 6) is -2.09. The number of fused-ring (bicyclic) bond motifs is 2. The van der Waals surface area contributed by atoms with Gasteiger partial charge in [0, 0.05) is 30.8 Å². The molecule has 3 aliphatic heterocycles. The van der Waals surface area contributed by atoms with Crippen molar-refractivity contribution < 1.29 is 32.6 Å². The highest BCUT2D eigenvalue weighted by atomic mass is 19.3. The number of halogens is 2. The van der Waals surface area contributed by atoms with Crippen molar-refractivity contribution in [1.29, 1.82) is 0 Å². The van der Waals surface area contributed by atoms with Crippen LogP contribution in [0.25, 0.3) is 22.1 Å². The molecule has 0 saturated carbocycles. The second kappa shape index (κ2) is 18.9. The standard InChI is InChI=1S/C49H62F2N10O5/c1-8-49(50,51)31-15-17-32(18-16-31)61-37(29-13-19-33-35(25-29)55-43(53-33)39-11-9-23-59(39)45(62)41(27(2)3)57-47(52)65-6)21-22-38(61)30-14-20-34-36(26-30)56-44(54-34)40-12-10-24-60(40)46(63)42(28(4)5)58-48(64)66-7/h13-20,25-28,37-42H,8-12,21-24H2,1-7H3,(H2,52,57)(H,53,55)(H,54,56)(H,58,64). The molecule has 0 spiro atoms. The highest BCUT2D eigenvalue weighted by Gasteiger charge is 2.41. The lowest BCUT2D eigenvalue weighted by Crippen LogP contribution is -2.51. The van der Waals surface area contributed by atoms with E-state index in [2.05, 4.69) is 49.4 Å². The van der Waals surface area contributed by atoms with Crippen LogP contribution in [0, 0.1) is 11.8 Å². The summed E-state index contributed by atoms with van der Waals surface area (Å²) in [4.78, 5) is 67.3. The zero-order valence-corrected chi connectivity index (χ0v) is 38.8. The molecule has 6 unspecified atom stereocenters. The number of hydrogen-bond acceptors (Lipinski definition) is 9. The molecule has 0 radical (unpaired) electrons. The van der Waals surface area contributed by atoms with Crippen LogP contribution < -0.4 is 16.0 Å². The Morgan fingerprint density at radius 1 is 0.773 bits per heavy atom. The normalized spacial score (nSPS) is 21.4. The number of nitrogens with two attached hydrogens (primary N) is 1. The van der Waals surface area contributed by atoms with E-state index in [0.29, 0.717) is 24.7 Å². The number of rotatable bonds is 13. The van der Waals surface area contributed by atoms with Crippen molar-refractivity contribution in [3.8, 4) is 0 Å². The van der Waals surface area contributed by atoms with Gasteiger partial charge in [0.05, 0.1) is 60.5 Å². The number of amidine groups is 1. The van der Waals surface area contributed by atoms with Gasteiger partial charge in [0.1, 0.15) is 23.7 Å². The van der Waals surface area contributed by atoms with Gasteiger partial charge in [-0.2, -0.15) is 0 Å². The van der Waals surface area contributed by atoms with Gasteiger partial charge in [-0.1, -0.05) is 58.9 Å². The summed E-state index contributed by atoms with van der Waals surface area (Å²) in [5.41, 5.74) is 12.0. The van der Waals surface area contributed by atoms with Crippen molar-refractivity contribution >= 4 is 51.7 Å². The number of carbonyl (C=O) groups is 3. The molecule has 352 valence electrons. The summed E-state index contributed by atoms with van der Waals surface area (Å²) < 4.78 is 39.7. The number of amides is 3. The molecule has 5 aromatic rings. The van der Waals surface area contributed by atoms with Gasteiger partial charge in [-0.3, -0.25) is 9.59 Å². The lowest BCUT2D eigenvalue weighted by Gasteiger charge is -2.33. The van der Waals surface area contributed by atoms with Crippen LogP contribution >= 0.6 is 0 Å². The van der Waals surface area contributed by atoms with Gasteiger partial charge in [0.15, 0.2) is 0 Å². The average molecular weight is 909 g/mol. The Bertz CT molecular complexity index is 2590. The Morgan fingerprint density at radius 3 is 1.77 bits per heavy atom. The molecule has 6 atom stereocenters. The number of nitrogens with one attached hydrogen (secondary N) is 3. The molecule has 3 amide bonds. The van der Waals surface area contributed by atoms with Crippen LogP contribution in [0.15, 0.2) is 65.7 Å². The summed E-state index contributed by atoms with van der Waals surface area (Å²) in [6.07, 6.45) is 3.74. The monoisotopic (exact) mass is 908 g/mol. The van der Waals surface area contributed by atoms with E-state index in [1.54, 1.807) is 17.0 Å². The van der Waals surface area contributed by atoms with Crippen LogP contribution in [-0.4, -0.2) is 93.1 Å². The Labute approximate surface area is 383 Å². The molecule has 0 bridgehead atoms. The number of benzene rings is 3. The lowest BCUT2D eigenvalue weighted by atomic mass is 10.0. The van der Waals surface area contributed by atoms with Gasteiger partial charge in [-0.05, 0) is 97.9 Å². The van der Waals surface area contributed by atoms with E-state index in [1.807, 2.05) is 44.7 Å². The van der Waals surface area contributed by atoms with Crippen molar-refractivity contribution in [2.24, 2.45) is 22.6 Å². The molecule has 17 heteroatoms. The average Bonchev–Trinajstić information content (AvgIpc) is 4.17. The minimum Gasteiger partial charge on any atom is -0.469 e. The predicted molar refractivity (Wildman–Crippen MR) is 249 cm³/mol. The second-order valence-electron chi connectivity index (χ2n) is 18.5. The zero-order chi connectivity index (χ0) is 47.0. The zero-order valence-electron chi connectivity index (χ0n) is 38.8. The number of nitrogens with zero attached hydrogens (tertiary/aromatic N) is 6. The van der Waals surface area contributed by atoms with Crippen LogP contribution in [0.4, 0.5) is 19.3 Å². The second-order valence-corrected chi connectivity index (χ2v) is 18.5. The highest BCUT2D eigenvalue weighted by Crippen LogP contribution is 2.48. The van der Waals surface area contributed by atoms with Crippen LogP contribution in [-0.2, 0) is 25.0 Å². The smallest absolute Gasteiger partial charge is 0.407 e. The Kier molecular flexibility index (Phi) is 13.3. The van der Waals surface area contributed by atoms with Crippen molar-refractivity contribution in [3.63, 3.8) is 0 Å². The number of methoxy groups -OCH3 is 2. The number of hydrogen-bond donors (Lipinski definition) is 4. The van der Waals surface area contributed by atoms with E-state index >= 15 is 0 Å². The van der Waals surface area contributed by atoms with Gasteiger partial charge in [0.25, 0.3) is 11.9 Å². The quantitative estimate of drug-likeness (QED) is 0.0662. The van der Waals surface area contributed by atoms with Crippen LogP contribution in [0.3, 0.4) is 0 Å². The maximum Gasteiger partial charge on any atom is 0.407 e. The number of alkyl carbamates (subject to hydrolysis) is 1. The first-order chi connectivity index (χ1) is 31.6. The van der Waals surface area contributed by atoms with Gasteiger partial charge < -0.3 is 45.2 Å². The number of alkyl halides is 2. The first kappa shape index (κ1) is 46.3. The molecule has 3 saturated heterocycles. The molecule has 2 aromatic heterocycles. The third-order valence-corrected chi connectivity index (χ3v) is 13.7. The highest BCUT2D eigenvalue weighted by molar-refractivity contribution is 5.87. The molecule has 3 aromatic carbocycles. The third-order valence-electron chi connectivity index (χ3n) is 13.7. The van der Waals surface area contributed by atoms with Gasteiger partial charge in [-0.15, -0.1) is 0 Å². The maximum atomic E-state index is 14.9. The summed E-state index contributed by atoms with van der Waals surface area (Å²) in [5, 5.41) is 2.71. The fourth-order valence-corrected chi connectivity index (χ4v) is 10.1. The number of likely N-dealkylation sites (tertiary alicyclic amines) is 2. The molecule has 3 fully saturated rings. The topological polar surface area (TPSA) is 187 Å². The molecule has 5 heterocycles. The fraction of sp³-hybridized carbons (Fsp3) is 0.510. The van der Waals surface area contributed by atoms with Crippen molar-refractivity contribution in [2.45, 2.75) is 122 Å². The van der Waals surface area contributed by atoms with Gasteiger partial charge in [-0.25, -0.2) is 28.5 Å². The first-order valence-corrected chi connectivity index (χ1v) is 23.2. The van der Waals surface area contributed by atoms with E-state index in [4.69, 9.17) is 25.2 Å². The predicted octanol–water partition coefficient (Wildman–Crippen LogP) is 8.72. The van der Waals surface area contributed by atoms with Crippen LogP contribution in [0.2, 0.25) is 0 Å². The summed E-state index contributed by atoms with van der Waals surface area (Å²) in [6.45, 7) is 10.3. The maximum absolute atomic E-state index is 14.9. The minimum absolute atomic E-state index is 0.0211. The summed E-state index contributed by atoms with van der Waals surface area (Å²) >= 11 is 0. The van der Waals surface area contributed by atoms with Crippen molar-refractivity contribution in [2.75, 3.05) is 32.2 Å². The molecular weight excluding hydrogens is 847 g/mol. The Hall–Kier alpha value is -6.26. The Balaban J connectivity index is 1.10. The summed E-state index contributed by atoms with van der Waals surface area (Å²) in [7, 11) is 2.71. The van der Waals surface area contributed by atoms with E-state index in [1.165, 1.54) is 33.3 Å². The number of H-pyrrole nitrogens is 2. The van der Waals surface area contributed by atoms with E-state index in [-0.39, 0.29) is 65.8 Å². The first-order valence-electron chi connectivity index (χ1n) is 23.2. The number of aromatic nitrogens is 4. The van der Waals surface area contributed by atoms with Crippen LogP contribution in [0.1, 0.15) is 132 Å². The molecule has 3 aliphatic rings. The van der Waals surface area contributed by atoms with Crippen LogP contribution in [0.5, 0.6) is 0 Å². The van der Waals surface area contributed by atoms with Gasteiger partial charge in [0.2, 0.25) is 11.8 Å². The number of aliphatic imine (C=N–C) groups is 1. The number of ether oxygens (including phenoxy) is 2. The van der Waals surface area contributed by atoms with E-state index in [0.717, 1.165) is 77.4 Å². The minimum atomic E-state index is -2.94. The van der Waals surface area contributed by atoms with Crippen molar-refractivity contribution in [1.82, 2.24) is 35.1 Å². The number of anilines is 1. The van der Waals surface area contributed by atoms with E-state index < -0.39 is 24.1 Å². The fourth-order valence-electron chi connectivity index (χ4n) is 10.1. The molecule has 5 N–H and O–H groups in total. The van der Waals surface area contributed by atoms with Crippen molar-refractivity contribution in [3.05, 3.63) is 89.0 Å². The molecule has 66 heavy (non-hydrogen) atoms. The molecule has 0 aliphatic carbocycles. The molecule has 15 nitrogen and oxygen atoms in total. The molecular formula is C49H62F2N10O5. The number of imidazole rings is 2. The third kappa shape index (κ3) is 9.00. The molecule has 8 rings (SSSR count). The number of aromatic amines is 2. The van der Waals surface area contributed by atoms with Gasteiger partial charge >= 0.3 is 6.09 Å². The Morgan fingerprint density at radius 2 is 1.30 bits per heavy atom. The van der Waals surface area contributed by atoms with E-state index in [9.17, 15) is 23.2 Å². The summed E-state index contributed by atoms with van der Waals surface area (Å²) in [6, 6.07) is 16.9. The largest absolute Gasteiger partial charge is 0.469 e. The number of carbonyl (C=O) groups excluding carboxylic acids is 3.